The highest BCUT2D eigenvalue weighted by Crippen LogP contribution is 2.38. The Balaban J connectivity index is 1.86. The van der Waals surface area contributed by atoms with Crippen LogP contribution in [0.15, 0.2) is 40.8 Å². The maximum Gasteiger partial charge on any atom is 0.412 e. The van der Waals surface area contributed by atoms with E-state index in [1.807, 2.05) is 19.9 Å². The lowest BCUT2D eigenvalue weighted by molar-refractivity contribution is 0.0337. The first-order chi connectivity index (χ1) is 15.8. The molecule has 0 unspecified atom stereocenters. The van der Waals surface area contributed by atoms with Gasteiger partial charge in [-0.2, -0.15) is 0 Å². The third kappa shape index (κ3) is 5.15. The van der Waals surface area contributed by atoms with Crippen LogP contribution in [0.3, 0.4) is 0 Å². The van der Waals surface area contributed by atoms with Crippen LogP contribution in [-0.4, -0.2) is 49.4 Å². The van der Waals surface area contributed by atoms with Crippen LogP contribution in [0.25, 0.3) is 22.3 Å². The van der Waals surface area contributed by atoms with Crippen LogP contribution in [0.1, 0.15) is 29.8 Å². The van der Waals surface area contributed by atoms with Crippen LogP contribution in [-0.2, 0) is 16.0 Å². The van der Waals surface area contributed by atoms with Crippen LogP contribution < -0.4 is 10.5 Å². The third-order valence-corrected chi connectivity index (χ3v) is 5.24. The van der Waals surface area contributed by atoms with E-state index in [1.54, 1.807) is 6.07 Å². The summed E-state index contributed by atoms with van der Waals surface area (Å²) < 4.78 is 35.7. The molecule has 2 heterocycles. The van der Waals surface area contributed by atoms with Gasteiger partial charge in [-0.05, 0) is 50.2 Å². The Labute approximate surface area is 190 Å². The highest BCUT2D eigenvalue weighted by atomic mass is 19.1. The molecule has 0 saturated carbocycles. The number of nitrogens with zero attached hydrogens (tertiary/aromatic N) is 1. The summed E-state index contributed by atoms with van der Waals surface area (Å²) >= 11 is 0. The van der Waals surface area contributed by atoms with Crippen LogP contribution in [0, 0.1) is 5.82 Å². The lowest BCUT2D eigenvalue weighted by Gasteiger charge is -2.27. The minimum absolute atomic E-state index is 0.0157. The maximum absolute atomic E-state index is 13.5. The fourth-order valence-electron chi connectivity index (χ4n) is 3.80. The number of esters is 1. The Morgan fingerprint density at radius 2 is 1.85 bits per heavy atom. The molecule has 3 aromatic rings. The molecular weight excluding hydrogens is 431 g/mol. The molecule has 1 aliphatic rings. The van der Waals surface area contributed by atoms with E-state index in [2.05, 4.69) is 9.64 Å². The zero-order valence-corrected chi connectivity index (χ0v) is 18.4. The van der Waals surface area contributed by atoms with Crippen LogP contribution in [0.4, 0.5) is 9.18 Å². The minimum Gasteiger partial charge on any atom is -0.491 e. The molecule has 8 nitrogen and oxygen atoms in total. The third-order valence-electron chi connectivity index (χ3n) is 5.24. The minimum atomic E-state index is -1.23. The van der Waals surface area contributed by atoms with Crippen molar-refractivity contribution in [2.45, 2.75) is 26.5 Å². The highest BCUT2D eigenvalue weighted by Gasteiger charge is 2.27. The van der Waals surface area contributed by atoms with Crippen molar-refractivity contribution < 1.29 is 32.6 Å². The summed E-state index contributed by atoms with van der Waals surface area (Å²) in [5, 5.41) is 0.405. The van der Waals surface area contributed by atoms with E-state index < -0.39 is 17.9 Å². The van der Waals surface area contributed by atoms with Gasteiger partial charge in [-0.25, -0.2) is 14.0 Å². The molecule has 0 aliphatic carbocycles. The number of halogens is 1. The normalized spacial score (nSPS) is 14.5. The van der Waals surface area contributed by atoms with Gasteiger partial charge in [0.25, 0.3) is 0 Å². The number of hydrogen-bond donors (Lipinski definition) is 1. The number of rotatable bonds is 6. The van der Waals surface area contributed by atoms with E-state index in [0.717, 1.165) is 18.7 Å². The highest BCUT2D eigenvalue weighted by molar-refractivity contribution is 6.11. The van der Waals surface area contributed by atoms with Crippen molar-refractivity contribution in [2.75, 3.05) is 26.3 Å². The number of morpholine rings is 1. The number of carbonyl (C=O) groups excluding carboxylic acids is 2. The number of carbonyl (C=O) groups is 2. The van der Waals surface area contributed by atoms with Crippen molar-refractivity contribution in [3.8, 4) is 17.1 Å². The molecule has 2 aromatic carbocycles. The number of nitrogens with two attached hydrogens (primary N) is 1. The zero-order valence-electron chi connectivity index (χ0n) is 18.4. The second-order valence-electron chi connectivity index (χ2n) is 8.03. The molecule has 0 bridgehead atoms. The SMILES string of the molecule is CC(C)Oc1cc2c(C(=O)OC(N)=O)c(-c3ccc(F)cc3)oc2cc1CN1CCOCC1. The van der Waals surface area contributed by atoms with Crippen molar-refractivity contribution >= 4 is 23.0 Å². The predicted octanol–water partition coefficient (Wildman–Crippen LogP) is 4.09. The molecule has 4 rings (SSSR count). The summed E-state index contributed by atoms with van der Waals surface area (Å²) in [5.74, 6) is -0.660. The molecular formula is C24H25FN2O6. The summed E-state index contributed by atoms with van der Waals surface area (Å²) in [6, 6.07) is 8.99. The summed E-state index contributed by atoms with van der Waals surface area (Å²) in [6.45, 7) is 7.30. The summed E-state index contributed by atoms with van der Waals surface area (Å²) in [5.41, 5.74) is 6.83. The Bertz CT molecular complexity index is 1170. The molecule has 1 aliphatic heterocycles. The molecule has 1 amide bonds. The Morgan fingerprint density at radius 1 is 1.15 bits per heavy atom. The summed E-state index contributed by atoms with van der Waals surface area (Å²) in [4.78, 5) is 26.3. The molecule has 0 radical (unpaired) electrons. The number of fused-ring (bicyclic) bond motifs is 1. The Kier molecular flexibility index (Phi) is 6.62. The second kappa shape index (κ2) is 9.60. The molecule has 1 saturated heterocycles. The van der Waals surface area contributed by atoms with Gasteiger partial charge in [0.05, 0.1) is 19.3 Å². The van der Waals surface area contributed by atoms with E-state index in [4.69, 9.17) is 19.6 Å². The zero-order chi connectivity index (χ0) is 23.5. The maximum atomic E-state index is 13.5. The molecule has 0 atom stereocenters. The Hall–Kier alpha value is -3.43. The number of ether oxygens (including phenoxy) is 3. The smallest absolute Gasteiger partial charge is 0.412 e. The average molecular weight is 456 g/mol. The van der Waals surface area contributed by atoms with Crippen LogP contribution >= 0.6 is 0 Å². The number of primary amides is 1. The lowest BCUT2D eigenvalue weighted by atomic mass is 10.0. The van der Waals surface area contributed by atoms with Gasteiger partial charge in [-0.1, -0.05) is 0 Å². The standard InChI is InChI=1S/C24H25FN2O6/c1-14(2)31-19-12-18-20(11-16(19)13-27-7-9-30-10-8-27)32-22(15-3-5-17(25)6-4-15)21(18)23(28)33-24(26)29/h3-6,11-12,14H,7-10,13H2,1-2H3,(H2,26,29). The lowest BCUT2D eigenvalue weighted by Crippen LogP contribution is -2.35. The van der Waals surface area contributed by atoms with Gasteiger partial charge in [-0.15, -0.1) is 0 Å². The molecule has 1 aromatic heterocycles. The molecule has 33 heavy (non-hydrogen) atoms. The Morgan fingerprint density at radius 3 is 2.48 bits per heavy atom. The molecule has 0 spiro atoms. The largest absolute Gasteiger partial charge is 0.491 e. The topological polar surface area (TPSA) is 104 Å². The van der Waals surface area contributed by atoms with Gasteiger partial charge >= 0.3 is 12.1 Å². The summed E-state index contributed by atoms with van der Waals surface area (Å²) in [7, 11) is 0. The summed E-state index contributed by atoms with van der Waals surface area (Å²) in [6.07, 6.45) is -1.35. The van der Waals surface area contributed by atoms with Crippen LogP contribution in [0.2, 0.25) is 0 Å². The first-order valence-corrected chi connectivity index (χ1v) is 10.7. The van der Waals surface area contributed by atoms with E-state index in [1.165, 1.54) is 24.3 Å². The fourth-order valence-corrected chi connectivity index (χ4v) is 3.80. The predicted molar refractivity (Wildman–Crippen MR) is 118 cm³/mol. The fraction of sp³-hybridized carbons (Fsp3) is 0.333. The van der Waals surface area contributed by atoms with Crippen molar-refractivity contribution in [3.05, 3.63) is 53.3 Å². The quantitative estimate of drug-likeness (QED) is 0.440. The van der Waals surface area contributed by atoms with Gasteiger partial charge in [0.1, 0.15) is 28.5 Å². The molecule has 1 fully saturated rings. The van der Waals surface area contributed by atoms with Gasteiger partial charge < -0.3 is 24.4 Å². The van der Waals surface area contributed by atoms with Crippen molar-refractivity contribution in [1.29, 1.82) is 0 Å². The van der Waals surface area contributed by atoms with Crippen molar-refractivity contribution in [3.63, 3.8) is 0 Å². The molecule has 9 heteroatoms. The number of furan rings is 1. The first kappa shape index (κ1) is 22.8. The number of amides is 1. The van der Waals surface area contributed by atoms with Crippen molar-refractivity contribution in [2.24, 2.45) is 5.73 Å². The first-order valence-electron chi connectivity index (χ1n) is 10.7. The van der Waals surface area contributed by atoms with Gasteiger partial charge in [0.2, 0.25) is 0 Å². The van der Waals surface area contributed by atoms with E-state index in [-0.39, 0.29) is 17.4 Å². The molecule has 2 N–H and O–H groups in total. The van der Waals surface area contributed by atoms with E-state index >= 15 is 0 Å². The van der Waals surface area contributed by atoms with Gasteiger partial charge in [-0.3, -0.25) is 4.90 Å². The van der Waals surface area contributed by atoms with Crippen LogP contribution in [0.5, 0.6) is 5.75 Å². The molecule has 174 valence electrons. The average Bonchev–Trinajstić information content (AvgIpc) is 3.12. The van der Waals surface area contributed by atoms with Crippen molar-refractivity contribution in [1.82, 2.24) is 4.90 Å². The van der Waals surface area contributed by atoms with Gasteiger partial charge in [0, 0.05) is 36.1 Å². The van der Waals surface area contributed by atoms with E-state index in [0.29, 0.717) is 42.0 Å². The van der Waals surface area contributed by atoms with E-state index in [9.17, 15) is 14.0 Å². The second-order valence-corrected chi connectivity index (χ2v) is 8.03. The number of hydrogen-bond acceptors (Lipinski definition) is 7. The monoisotopic (exact) mass is 456 g/mol. The number of benzene rings is 2. The van der Waals surface area contributed by atoms with Gasteiger partial charge in [0.15, 0.2) is 0 Å².